The van der Waals surface area contributed by atoms with Crippen LogP contribution in [0.4, 0.5) is 0 Å². The van der Waals surface area contributed by atoms with Crippen LogP contribution in [-0.4, -0.2) is 66.4 Å². The van der Waals surface area contributed by atoms with Crippen molar-refractivity contribution in [3.05, 3.63) is 29.6 Å². The average molecular weight is 332 g/mol. The van der Waals surface area contributed by atoms with Crippen LogP contribution in [0.2, 0.25) is 0 Å². The summed E-state index contributed by atoms with van der Waals surface area (Å²) in [5.74, 6) is -0.233. The van der Waals surface area contributed by atoms with E-state index in [2.05, 4.69) is 17.2 Å². The Morgan fingerprint density at radius 1 is 1.38 bits per heavy atom. The zero-order chi connectivity index (χ0) is 17.5. The number of rotatable bonds is 6. The Hall–Kier alpha value is -1.95. The second-order valence-corrected chi connectivity index (χ2v) is 6.55. The molecule has 2 amide bonds. The molecular weight excluding hydrogens is 304 g/mol. The summed E-state index contributed by atoms with van der Waals surface area (Å²) in [6.45, 7) is 4.23. The largest absolute Gasteiger partial charge is 0.351 e. The first-order chi connectivity index (χ1) is 11.5. The minimum absolute atomic E-state index is 0.0653. The molecular formula is C18H28N4O2. The third-order valence-corrected chi connectivity index (χ3v) is 4.45. The molecule has 1 aromatic rings. The van der Waals surface area contributed by atoms with E-state index in [4.69, 9.17) is 0 Å². The van der Waals surface area contributed by atoms with Gasteiger partial charge >= 0.3 is 0 Å². The Kier molecular flexibility index (Phi) is 6.73. The van der Waals surface area contributed by atoms with Crippen molar-refractivity contribution in [1.29, 1.82) is 0 Å². The SMILES string of the molecule is CCC1CCCCN1C(=O)c1cc(C(=O)NCCN(C)C)ccn1. The number of amides is 2. The summed E-state index contributed by atoms with van der Waals surface area (Å²) in [5.41, 5.74) is 0.841. The minimum Gasteiger partial charge on any atom is -0.351 e. The number of hydrogen-bond acceptors (Lipinski definition) is 4. The highest BCUT2D eigenvalue weighted by molar-refractivity contribution is 5.98. The van der Waals surface area contributed by atoms with E-state index in [-0.39, 0.29) is 17.9 Å². The van der Waals surface area contributed by atoms with E-state index < -0.39 is 0 Å². The molecule has 0 radical (unpaired) electrons. The molecule has 2 heterocycles. The van der Waals surface area contributed by atoms with Gasteiger partial charge in [-0.15, -0.1) is 0 Å². The summed E-state index contributed by atoms with van der Waals surface area (Å²) in [6, 6.07) is 3.54. The van der Waals surface area contributed by atoms with Crippen LogP contribution in [0.3, 0.4) is 0 Å². The molecule has 24 heavy (non-hydrogen) atoms. The van der Waals surface area contributed by atoms with Gasteiger partial charge in [-0.25, -0.2) is 0 Å². The maximum atomic E-state index is 12.8. The predicted octanol–water partition coefficient (Wildman–Crippen LogP) is 1.78. The van der Waals surface area contributed by atoms with Gasteiger partial charge in [-0.1, -0.05) is 6.92 Å². The van der Waals surface area contributed by atoms with Gasteiger partial charge < -0.3 is 15.1 Å². The Bertz CT molecular complexity index is 574. The van der Waals surface area contributed by atoms with E-state index >= 15 is 0 Å². The van der Waals surface area contributed by atoms with Crippen molar-refractivity contribution in [2.45, 2.75) is 38.6 Å². The molecule has 1 unspecified atom stereocenters. The molecule has 0 aromatic carbocycles. The quantitative estimate of drug-likeness (QED) is 0.862. The minimum atomic E-state index is -0.168. The second kappa shape index (κ2) is 8.78. The van der Waals surface area contributed by atoms with Gasteiger partial charge in [0, 0.05) is 37.4 Å². The molecule has 1 fully saturated rings. The van der Waals surface area contributed by atoms with E-state index in [1.807, 2.05) is 23.9 Å². The summed E-state index contributed by atoms with van der Waals surface area (Å²) < 4.78 is 0. The van der Waals surface area contributed by atoms with Crippen LogP contribution in [0.15, 0.2) is 18.3 Å². The molecule has 6 nitrogen and oxygen atoms in total. The first-order valence-corrected chi connectivity index (χ1v) is 8.73. The monoisotopic (exact) mass is 332 g/mol. The maximum absolute atomic E-state index is 12.8. The Labute approximate surface area is 144 Å². The third kappa shape index (κ3) is 4.77. The normalized spacial score (nSPS) is 17.8. The van der Waals surface area contributed by atoms with Crippen LogP contribution < -0.4 is 5.32 Å². The van der Waals surface area contributed by atoms with E-state index in [1.54, 1.807) is 18.3 Å². The summed E-state index contributed by atoms with van der Waals surface area (Å²) in [4.78, 5) is 33.1. The lowest BCUT2D eigenvalue weighted by Crippen LogP contribution is -2.43. The highest BCUT2D eigenvalue weighted by atomic mass is 16.2. The molecule has 1 aliphatic heterocycles. The Balaban J connectivity index is 2.06. The first kappa shape index (κ1) is 18.4. The summed E-state index contributed by atoms with van der Waals surface area (Å²) in [5, 5.41) is 2.86. The Morgan fingerprint density at radius 2 is 2.17 bits per heavy atom. The van der Waals surface area contributed by atoms with Crippen molar-refractivity contribution in [1.82, 2.24) is 20.1 Å². The van der Waals surface area contributed by atoms with Crippen LogP contribution in [0.25, 0.3) is 0 Å². The van der Waals surface area contributed by atoms with Crippen LogP contribution in [-0.2, 0) is 0 Å². The molecule has 1 aromatic heterocycles. The van der Waals surface area contributed by atoms with Gasteiger partial charge in [-0.3, -0.25) is 14.6 Å². The number of likely N-dealkylation sites (tertiary alicyclic amines) is 1. The summed E-state index contributed by atoms with van der Waals surface area (Å²) in [7, 11) is 3.91. The lowest BCUT2D eigenvalue weighted by Gasteiger charge is -2.35. The zero-order valence-corrected chi connectivity index (χ0v) is 14.9. The van der Waals surface area contributed by atoms with Crippen LogP contribution in [0, 0.1) is 0 Å². The number of piperidine rings is 1. The fraction of sp³-hybridized carbons (Fsp3) is 0.611. The van der Waals surface area contributed by atoms with Crippen molar-refractivity contribution >= 4 is 11.8 Å². The van der Waals surface area contributed by atoms with Crippen LogP contribution in [0.5, 0.6) is 0 Å². The van der Waals surface area contributed by atoms with Crippen molar-refractivity contribution in [2.75, 3.05) is 33.7 Å². The lowest BCUT2D eigenvalue weighted by molar-refractivity contribution is 0.0602. The predicted molar refractivity (Wildman–Crippen MR) is 94.1 cm³/mol. The zero-order valence-electron chi connectivity index (χ0n) is 14.9. The smallest absolute Gasteiger partial charge is 0.272 e. The second-order valence-electron chi connectivity index (χ2n) is 6.55. The molecule has 1 atom stereocenters. The summed E-state index contributed by atoms with van der Waals surface area (Å²) in [6.07, 6.45) is 5.75. The molecule has 1 saturated heterocycles. The first-order valence-electron chi connectivity index (χ1n) is 8.73. The number of pyridine rings is 1. The Morgan fingerprint density at radius 3 is 2.88 bits per heavy atom. The van der Waals surface area contributed by atoms with Crippen molar-refractivity contribution in [3.63, 3.8) is 0 Å². The number of nitrogens with one attached hydrogen (secondary N) is 1. The van der Waals surface area contributed by atoms with E-state index in [0.717, 1.165) is 32.4 Å². The molecule has 132 valence electrons. The van der Waals surface area contributed by atoms with Gasteiger partial charge in [0.15, 0.2) is 0 Å². The van der Waals surface area contributed by atoms with Gasteiger partial charge in [0.1, 0.15) is 5.69 Å². The average Bonchev–Trinajstić information content (AvgIpc) is 2.60. The summed E-state index contributed by atoms with van der Waals surface area (Å²) >= 11 is 0. The number of hydrogen-bond donors (Lipinski definition) is 1. The van der Waals surface area contributed by atoms with Crippen molar-refractivity contribution in [3.8, 4) is 0 Å². The molecule has 6 heteroatoms. The number of likely N-dealkylation sites (N-methyl/N-ethyl adjacent to an activating group) is 1. The number of nitrogens with zero attached hydrogens (tertiary/aromatic N) is 3. The molecule has 0 bridgehead atoms. The lowest BCUT2D eigenvalue weighted by atomic mass is 9.99. The van der Waals surface area contributed by atoms with Crippen LogP contribution >= 0.6 is 0 Å². The van der Waals surface area contributed by atoms with Crippen molar-refractivity contribution in [2.24, 2.45) is 0 Å². The number of carbonyl (C=O) groups is 2. The molecule has 0 spiro atoms. The van der Waals surface area contributed by atoms with Crippen LogP contribution in [0.1, 0.15) is 53.5 Å². The van der Waals surface area contributed by atoms with E-state index in [1.165, 1.54) is 6.42 Å². The molecule has 1 aliphatic rings. The van der Waals surface area contributed by atoms with E-state index in [0.29, 0.717) is 17.8 Å². The topological polar surface area (TPSA) is 65.5 Å². The van der Waals surface area contributed by atoms with Gasteiger partial charge in [-0.05, 0) is 51.9 Å². The number of carbonyl (C=O) groups excluding carboxylic acids is 2. The van der Waals surface area contributed by atoms with Gasteiger partial charge in [-0.2, -0.15) is 0 Å². The van der Waals surface area contributed by atoms with Gasteiger partial charge in [0.25, 0.3) is 11.8 Å². The maximum Gasteiger partial charge on any atom is 0.272 e. The molecule has 0 aliphatic carbocycles. The van der Waals surface area contributed by atoms with Gasteiger partial charge in [0.2, 0.25) is 0 Å². The fourth-order valence-electron chi connectivity index (χ4n) is 3.02. The number of aromatic nitrogens is 1. The van der Waals surface area contributed by atoms with Gasteiger partial charge in [0.05, 0.1) is 0 Å². The third-order valence-electron chi connectivity index (χ3n) is 4.45. The molecule has 1 N–H and O–H groups in total. The van der Waals surface area contributed by atoms with Crippen molar-refractivity contribution < 1.29 is 9.59 Å². The highest BCUT2D eigenvalue weighted by Crippen LogP contribution is 2.21. The standard InChI is InChI=1S/C18H28N4O2/c1-4-15-7-5-6-11-22(15)18(24)16-13-14(8-9-19-16)17(23)20-10-12-21(2)3/h8-9,13,15H,4-7,10-12H2,1-3H3,(H,20,23). The highest BCUT2D eigenvalue weighted by Gasteiger charge is 2.27. The molecule has 0 saturated carbocycles. The molecule has 2 rings (SSSR count). The fourth-order valence-corrected chi connectivity index (χ4v) is 3.02. The van der Waals surface area contributed by atoms with E-state index in [9.17, 15) is 9.59 Å².